The Kier molecular flexibility index (Phi) is 7.77. The van der Waals surface area contributed by atoms with Gasteiger partial charge in [-0.1, -0.05) is 6.07 Å². The van der Waals surface area contributed by atoms with Crippen LogP contribution in [0.4, 0.5) is 0 Å². The van der Waals surface area contributed by atoms with Crippen LogP contribution in [0.25, 0.3) is 0 Å². The highest BCUT2D eigenvalue weighted by Gasteiger charge is 2.30. The molecule has 0 bridgehead atoms. The molecule has 1 aromatic carbocycles. The third-order valence-electron chi connectivity index (χ3n) is 6.12. The van der Waals surface area contributed by atoms with Crippen LogP contribution in [0.2, 0.25) is 0 Å². The fraction of sp³-hybridized carbons (Fsp3) is 0.480. The zero-order valence-corrected chi connectivity index (χ0v) is 19.8. The number of piperazine rings is 1. The highest BCUT2D eigenvalue weighted by molar-refractivity contribution is 7.12. The third kappa shape index (κ3) is 6.42. The first-order valence-corrected chi connectivity index (χ1v) is 12.5. The van der Waals surface area contributed by atoms with Crippen molar-refractivity contribution < 1.29 is 19.1 Å². The maximum Gasteiger partial charge on any atom is 0.261 e. The summed E-state index contributed by atoms with van der Waals surface area (Å²) in [5.41, 5.74) is 0.776. The van der Waals surface area contributed by atoms with Gasteiger partial charge in [0.25, 0.3) is 5.91 Å². The average Bonchev–Trinajstić information content (AvgIpc) is 3.54. The molecule has 0 radical (unpaired) electrons. The molecule has 1 unspecified atom stereocenters. The van der Waals surface area contributed by atoms with Gasteiger partial charge in [0.05, 0.1) is 11.5 Å². The first-order valence-electron chi connectivity index (χ1n) is 11.6. The van der Waals surface area contributed by atoms with Crippen LogP contribution in [0, 0.1) is 5.92 Å². The van der Waals surface area contributed by atoms with Crippen molar-refractivity contribution in [1.82, 2.24) is 15.1 Å². The second-order valence-electron chi connectivity index (χ2n) is 8.70. The highest BCUT2D eigenvalue weighted by atomic mass is 32.1. The number of thiophene rings is 1. The standard InChI is InChI=1S/C25H31N3O4S/c1-18(26-24(30)22-4-2-17-33-22)25(31)28-14-12-27(13-15-28)11-3-16-32-21-9-7-20(8-10-21)23(29)19-5-6-19/h2,4,7-10,17-19H,3,5-6,11-16H2,1H3,(H,26,30). The summed E-state index contributed by atoms with van der Waals surface area (Å²) in [7, 11) is 0. The van der Waals surface area contributed by atoms with Crippen molar-refractivity contribution in [3.8, 4) is 5.75 Å². The number of carbonyl (C=O) groups excluding carboxylic acids is 3. The maximum absolute atomic E-state index is 12.7. The van der Waals surface area contributed by atoms with Gasteiger partial charge in [0.1, 0.15) is 11.8 Å². The van der Waals surface area contributed by atoms with Crippen molar-refractivity contribution in [1.29, 1.82) is 0 Å². The molecule has 1 aliphatic carbocycles. The Balaban J connectivity index is 1.11. The molecule has 1 N–H and O–H groups in total. The topological polar surface area (TPSA) is 79.0 Å². The van der Waals surface area contributed by atoms with Crippen molar-refractivity contribution in [3.05, 3.63) is 52.2 Å². The molecular formula is C25H31N3O4S. The summed E-state index contributed by atoms with van der Waals surface area (Å²) in [6.45, 7) is 6.22. The minimum Gasteiger partial charge on any atom is -0.494 e. The molecule has 1 saturated carbocycles. The second kappa shape index (κ2) is 10.9. The summed E-state index contributed by atoms with van der Waals surface area (Å²) in [5, 5.41) is 4.64. The number of hydrogen-bond acceptors (Lipinski definition) is 6. The number of rotatable bonds is 10. The Bertz CT molecular complexity index is 949. The highest BCUT2D eigenvalue weighted by Crippen LogP contribution is 2.32. The van der Waals surface area contributed by atoms with Crippen LogP contribution in [0.1, 0.15) is 46.2 Å². The maximum atomic E-state index is 12.7. The molecule has 1 aromatic heterocycles. The lowest BCUT2D eigenvalue weighted by atomic mass is 10.1. The van der Waals surface area contributed by atoms with Crippen molar-refractivity contribution >= 4 is 28.9 Å². The molecule has 2 amide bonds. The number of Topliss-reactive ketones (excluding diaryl/α,β-unsaturated/α-hetero) is 1. The van der Waals surface area contributed by atoms with Crippen LogP contribution in [0.3, 0.4) is 0 Å². The number of benzene rings is 1. The molecule has 1 atom stereocenters. The lowest BCUT2D eigenvalue weighted by Crippen LogP contribution is -2.54. The number of nitrogens with one attached hydrogen (secondary N) is 1. The summed E-state index contributed by atoms with van der Waals surface area (Å²) < 4.78 is 5.82. The summed E-state index contributed by atoms with van der Waals surface area (Å²) in [5.74, 6) is 1.04. The van der Waals surface area contributed by atoms with Gasteiger partial charge in [0.2, 0.25) is 5.91 Å². The molecule has 2 fully saturated rings. The summed E-state index contributed by atoms with van der Waals surface area (Å²) in [4.78, 5) is 41.7. The molecule has 0 spiro atoms. The minimum absolute atomic E-state index is 0.0356. The van der Waals surface area contributed by atoms with Crippen LogP contribution >= 0.6 is 11.3 Å². The van der Waals surface area contributed by atoms with Crippen molar-refractivity contribution in [3.63, 3.8) is 0 Å². The zero-order valence-electron chi connectivity index (χ0n) is 19.0. The van der Waals surface area contributed by atoms with Crippen molar-refractivity contribution in [2.24, 2.45) is 5.92 Å². The van der Waals surface area contributed by atoms with E-state index in [1.807, 2.05) is 40.6 Å². The first kappa shape index (κ1) is 23.4. The average molecular weight is 470 g/mol. The van der Waals surface area contributed by atoms with E-state index < -0.39 is 6.04 Å². The molecule has 33 heavy (non-hydrogen) atoms. The van der Waals surface area contributed by atoms with E-state index in [0.29, 0.717) is 24.6 Å². The largest absolute Gasteiger partial charge is 0.494 e. The molecule has 176 valence electrons. The quantitative estimate of drug-likeness (QED) is 0.427. The van der Waals surface area contributed by atoms with E-state index in [1.165, 1.54) is 11.3 Å². The van der Waals surface area contributed by atoms with Crippen LogP contribution in [-0.4, -0.2) is 72.8 Å². The van der Waals surface area contributed by atoms with E-state index >= 15 is 0 Å². The Morgan fingerprint density at radius 1 is 1.09 bits per heavy atom. The second-order valence-corrected chi connectivity index (χ2v) is 9.65. The van der Waals surface area contributed by atoms with E-state index in [-0.39, 0.29) is 23.5 Å². The predicted octanol–water partition coefficient (Wildman–Crippen LogP) is 3.07. The fourth-order valence-corrected chi connectivity index (χ4v) is 4.60. The van der Waals surface area contributed by atoms with Gasteiger partial charge in [0, 0.05) is 44.2 Å². The molecule has 2 aliphatic rings. The van der Waals surface area contributed by atoms with Gasteiger partial charge in [-0.2, -0.15) is 0 Å². The van der Waals surface area contributed by atoms with Gasteiger partial charge in [0.15, 0.2) is 5.78 Å². The van der Waals surface area contributed by atoms with Gasteiger partial charge in [-0.25, -0.2) is 0 Å². The van der Waals surface area contributed by atoms with Gasteiger partial charge >= 0.3 is 0 Å². The molecule has 8 heteroatoms. The minimum atomic E-state index is -0.537. The molecule has 1 aliphatic heterocycles. The Morgan fingerprint density at radius 2 is 1.82 bits per heavy atom. The summed E-state index contributed by atoms with van der Waals surface area (Å²) >= 11 is 1.37. The van der Waals surface area contributed by atoms with Gasteiger partial charge in [-0.05, 0) is 61.9 Å². The van der Waals surface area contributed by atoms with E-state index in [0.717, 1.165) is 50.2 Å². The molecule has 1 saturated heterocycles. The van der Waals surface area contributed by atoms with E-state index in [4.69, 9.17) is 4.74 Å². The van der Waals surface area contributed by atoms with Crippen LogP contribution in [-0.2, 0) is 4.79 Å². The molecular weight excluding hydrogens is 438 g/mol. The number of ether oxygens (including phenoxy) is 1. The Hall–Kier alpha value is -2.71. The monoisotopic (exact) mass is 469 g/mol. The van der Waals surface area contributed by atoms with Crippen LogP contribution in [0.15, 0.2) is 41.8 Å². The van der Waals surface area contributed by atoms with Crippen molar-refractivity contribution in [2.75, 3.05) is 39.3 Å². The summed E-state index contributed by atoms with van der Waals surface area (Å²) in [6.07, 6.45) is 2.93. The Morgan fingerprint density at radius 3 is 2.45 bits per heavy atom. The van der Waals surface area contributed by atoms with E-state index in [2.05, 4.69) is 10.2 Å². The van der Waals surface area contributed by atoms with E-state index in [1.54, 1.807) is 13.0 Å². The summed E-state index contributed by atoms with van der Waals surface area (Å²) in [6, 6.07) is 10.5. The molecule has 2 heterocycles. The lowest BCUT2D eigenvalue weighted by Gasteiger charge is -2.36. The van der Waals surface area contributed by atoms with Gasteiger partial charge < -0.3 is 15.0 Å². The number of ketones is 1. The number of hydrogen-bond donors (Lipinski definition) is 1. The van der Waals surface area contributed by atoms with Crippen molar-refractivity contribution in [2.45, 2.75) is 32.2 Å². The van der Waals surface area contributed by atoms with Gasteiger partial charge in [-0.3, -0.25) is 19.3 Å². The Labute approximate surface area is 198 Å². The number of nitrogens with zero attached hydrogens (tertiary/aromatic N) is 2. The SMILES string of the molecule is CC(NC(=O)c1cccs1)C(=O)N1CCN(CCCOc2ccc(C(=O)C3CC3)cc2)CC1. The third-order valence-corrected chi connectivity index (χ3v) is 6.99. The van der Waals surface area contributed by atoms with E-state index in [9.17, 15) is 14.4 Å². The van der Waals surface area contributed by atoms with Crippen LogP contribution < -0.4 is 10.1 Å². The zero-order chi connectivity index (χ0) is 23.2. The normalized spacial score (nSPS) is 17.4. The number of amides is 2. The molecule has 4 rings (SSSR count). The predicted molar refractivity (Wildman–Crippen MR) is 128 cm³/mol. The lowest BCUT2D eigenvalue weighted by molar-refractivity contribution is -0.134. The van der Waals surface area contributed by atoms with Gasteiger partial charge in [-0.15, -0.1) is 11.3 Å². The molecule has 7 nitrogen and oxygen atoms in total. The smallest absolute Gasteiger partial charge is 0.261 e. The fourth-order valence-electron chi connectivity index (χ4n) is 3.98. The van der Waals surface area contributed by atoms with Crippen LogP contribution in [0.5, 0.6) is 5.75 Å². The molecule has 2 aromatic rings. The first-order chi connectivity index (χ1) is 16.0. The number of carbonyl (C=O) groups is 3.